The van der Waals surface area contributed by atoms with Crippen LogP contribution in [0.15, 0.2) is 66.7 Å². The molecule has 0 N–H and O–H groups in total. The van der Waals surface area contributed by atoms with Gasteiger partial charge in [0.05, 0.1) is 18.6 Å². The number of rotatable bonds is 6. The molecule has 0 saturated heterocycles. The molecule has 0 radical (unpaired) electrons. The van der Waals surface area contributed by atoms with Crippen LogP contribution in [0.4, 0.5) is 4.39 Å². The molecule has 0 bridgehead atoms. The van der Waals surface area contributed by atoms with Crippen LogP contribution in [0.25, 0.3) is 10.8 Å². The minimum Gasteiger partial charge on any atom is -0.493 e. The van der Waals surface area contributed by atoms with Crippen LogP contribution in [-0.2, 0) is 0 Å². The first-order valence-electron chi connectivity index (χ1n) is 8.03. The van der Waals surface area contributed by atoms with Gasteiger partial charge >= 0.3 is 0 Å². The maximum Gasteiger partial charge on any atom is 0.127 e. The molecule has 0 spiro atoms. The van der Waals surface area contributed by atoms with E-state index in [9.17, 15) is 9.65 Å². The predicted octanol–water partition coefficient (Wildman–Crippen LogP) is 5.45. The Morgan fingerprint density at radius 2 is 1.79 bits per heavy atom. The molecule has 0 amide bonds. The molecule has 0 fully saturated rings. The Morgan fingerprint density at radius 1 is 1.00 bits per heavy atom. The number of hydrogen-bond donors (Lipinski definition) is 0. The second kappa shape index (κ2) is 7.61. The number of ether oxygens (including phenoxy) is 1. The van der Waals surface area contributed by atoms with E-state index in [-0.39, 0.29) is 11.7 Å². The number of benzene rings is 3. The maximum absolute atomic E-state index is 13.3. The van der Waals surface area contributed by atoms with E-state index in [2.05, 4.69) is 18.2 Å². The summed E-state index contributed by atoms with van der Waals surface area (Å²) in [6.07, 6.45) is 1.38. The minimum absolute atomic E-state index is 0.306. The molecule has 24 heavy (non-hydrogen) atoms. The van der Waals surface area contributed by atoms with Crippen molar-refractivity contribution in [2.24, 2.45) is 0 Å². The molecule has 2 nitrogen and oxygen atoms in total. The summed E-state index contributed by atoms with van der Waals surface area (Å²) in [6.45, 7) is 0.529. The van der Waals surface area contributed by atoms with Gasteiger partial charge in [-0.1, -0.05) is 48.5 Å². The van der Waals surface area contributed by atoms with Gasteiger partial charge in [0.2, 0.25) is 0 Å². The van der Waals surface area contributed by atoms with Gasteiger partial charge in [-0.2, -0.15) is 5.26 Å². The highest BCUT2D eigenvalue weighted by molar-refractivity contribution is 5.88. The maximum atomic E-state index is 13.3. The highest BCUT2D eigenvalue weighted by Gasteiger charge is 2.11. The zero-order valence-corrected chi connectivity index (χ0v) is 13.3. The molecule has 3 aromatic rings. The summed E-state index contributed by atoms with van der Waals surface area (Å²) < 4.78 is 19.2. The lowest BCUT2D eigenvalue weighted by Gasteiger charge is -2.12. The van der Waals surface area contributed by atoms with Crippen LogP contribution in [0.5, 0.6) is 5.75 Å². The number of hydrogen-bond acceptors (Lipinski definition) is 2. The van der Waals surface area contributed by atoms with Gasteiger partial charge in [-0.3, -0.25) is 0 Å². The fourth-order valence-electron chi connectivity index (χ4n) is 2.82. The van der Waals surface area contributed by atoms with Crippen molar-refractivity contribution in [3.05, 3.63) is 78.1 Å². The van der Waals surface area contributed by atoms with Gasteiger partial charge in [0, 0.05) is 5.39 Å². The third kappa shape index (κ3) is 3.72. The highest BCUT2D eigenvalue weighted by atomic mass is 19.1. The topological polar surface area (TPSA) is 33.0 Å². The molecule has 3 aromatic carbocycles. The Kier molecular flexibility index (Phi) is 5.08. The van der Waals surface area contributed by atoms with Gasteiger partial charge in [0.1, 0.15) is 11.6 Å². The van der Waals surface area contributed by atoms with Crippen LogP contribution in [0, 0.1) is 17.1 Å². The summed E-state index contributed by atoms with van der Waals surface area (Å²) in [4.78, 5) is 0. The van der Waals surface area contributed by atoms with Crippen molar-refractivity contribution in [3.8, 4) is 11.8 Å². The molecular weight excluding hydrogens is 301 g/mol. The SMILES string of the molecule is N#CC(CCCOc1cccc2ccccc12)c1cccc(F)c1. The molecule has 0 saturated carbocycles. The van der Waals surface area contributed by atoms with E-state index in [1.54, 1.807) is 12.1 Å². The molecule has 0 aliphatic carbocycles. The largest absolute Gasteiger partial charge is 0.493 e. The van der Waals surface area contributed by atoms with Crippen molar-refractivity contribution in [3.63, 3.8) is 0 Å². The quantitative estimate of drug-likeness (QED) is 0.566. The van der Waals surface area contributed by atoms with E-state index in [1.807, 2.05) is 30.3 Å². The van der Waals surface area contributed by atoms with Gasteiger partial charge in [0.25, 0.3) is 0 Å². The predicted molar refractivity (Wildman–Crippen MR) is 93.4 cm³/mol. The fourth-order valence-corrected chi connectivity index (χ4v) is 2.82. The van der Waals surface area contributed by atoms with Gasteiger partial charge in [0.15, 0.2) is 0 Å². The smallest absolute Gasteiger partial charge is 0.127 e. The van der Waals surface area contributed by atoms with Crippen molar-refractivity contribution in [1.29, 1.82) is 5.26 Å². The average Bonchev–Trinajstić information content (AvgIpc) is 2.62. The van der Waals surface area contributed by atoms with Gasteiger partial charge in [-0.05, 0) is 42.0 Å². The molecule has 0 aliphatic heterocycles. The van der Waals surface area contributed by atoms with Gasteiger partial charge in [-0.25, -0.2) is 4.39 Å². The van der Waals surface area contributed by atoms with Crippen LogP contribution < -0.4 is 4.74 Å². The lowest BCUT2D eigenvalue weighted by atomic mass is 9.96. The fraction of sp³-hybridized carbons (Fsp3) is 0.190. The standard InChI is InChI=1S/C21H18FNO/c22-19-10-3-8-17(14-19)18(15-23)9-5-13-24-21-12-4-7-16-6-1-2-11-20(16)21/h1-4,6-8,10-12,14,18H,5,9,13H2. The first-order valence-corrected chi connectivity index (χ1v) is 8.03. The van der Waals surface area contributed by atoms with E-state index in [0.29, 0.717) is 13.0 Å². The molecule has 3 heteroatoms. The molecule has 3 rings (SSSR count). The lowest BCUT2D eigenvalue weighted by Crippen LogP contribution is -2.02. The second-order valence-corrected chi connectivity index (χ2v) is 5.70. The van der Waals surface area contributed by atoms with Crippen LogP contribution in [0.2, 0.25) is 0 Å². The molecule has 0 aliphatic rings. The molecular formula is C21H18FNO. The molecule has 0 heterocycles. The Morgan fingerprint density at radius 3 is 2.62 bits per heavy atom. The molecule has 1 unspecified atom stereocenters. The first-order chi connectivity index (χ1) is 11.8. The normalized spacial score (nSPS) is 11.8. The zero-order chi connectivity index (χ0) is 16.8. The van der Waals surface area contributed by atoms with E-state index in [1.165, 1.54) is 12.1 Å². The number of nitrogens with zero attached hydrogens (tertiary/aromatic N) is 1. The van der Waals surface area contributed by atoms with Crippen molar-refractivity contribution < 1.29 is 9.13 Å². The summed E-state index contributed by atoms with van der Waals surface area (Å²) in [5.41, 5.74) is 0.725. The van der Waals surface area contributed by atoms with Crippen molar-refractivity contribution in [1.82, 2.24) is 0 Å². The Balaban J connectivity index is 1.59. The number of fused-ring (bicyclic) bond motifs is 1. The van der Waals surface area contributed by atoms with E-state index >= 15 is 0 Å². The van der Waals surface area contributed by atoms with Gasteiger partial charge < -0.3 is 4.74 Å². The molecule has 1 atom stereocenters. The Bertz CT molecular complexity index is 864. The van der Waals surface area contributed by atoms with E-state index < -0.39 is 0 Å². The van der Waals surface area contributed by atoms with Crippen molar-refractivity contribution in [2.75, 3.05) is 6.61 Å². The highest BCUT2D eigenvalue weighted by Crippen LogP contribution is 2.26. The van der Waals surface area contributed by atoms with Crippen molar-refractivity contribution in [2.45, 2.75) is 18.8 Å². The summed E-state index contributed by atoms with van der Waals surface area (Å²) in [7, 11) is 0. The monoisotopic (exact) mass is 319 g/mol. The zero-order valence-electron chi connectivity index (χ0n) is 13.3. The van der Waals surface area contributed by atoms with E-state index in [0.717, 1.165) is 28.5 Å². The summed E-state index contributed by atoms with van der Waals surface area (Å²) in [5, 5.41) is 11.5. The van der Waals surface area contributed by atoms with Gasteiger partial charge in [-0.15, -0.1) is 0 Å². The Labute approximate surface area is 141 Å². The minimum atomic E-state index is -0.309. The summed E-state index contributed by atoms with van der Waals surface area (Å²) in [5.74, 6) is 0.240. The van der Waals surface area contributed by atoms with Crippen LogP contribution in [0.1, 0.15) is 24.3 Å². The van der Waals surface area contributed by atoms with Crippen LogP contribution in [-0.4, -0.2) is 6.61 Å². The van der Waals surface area contributed by atoms with E-state index in [4.69, 9.17) is 4.74 Å². The van der Waals surface area contributed by atoms with Crippen LogP contribution >= 0.6 is 0 Å². The average molecular weight is 319 g/mol. The third-order valence-electron chi connectivity index (χ3n) is 4.05. The van der Waals surface area contributed by atoms with Crippen molar-refractivity contribution >= 4 is 10.8 Å². The first kappa shape index (κ1) is 16.0. The molecule has 120 valence electrons. The molecule has 0 aromatic heterocycles. The van der Waals surface area contributed by atoms with Crippen LogP contribution in [0.3, 0.4) is 0 Å². The summed E-state index contributed by atoms with van der Waals surface area (Å²) >= 11 is 0. The number of halogens is 1. The summed E-state index contributed by atoms with van der Waals surface area (Å²) in [6, 6.07) is 22.6. The Hall–Kier alpha value is -2.86. The second-order valence-electron chi connectivity index (χ2n) is 5.70. The lowest BCUT2D eigenvalue weighted by molar-refractivity contribution is 0.308. The third-order valence-corrected chi connectivity index (χ3v) is 4.05. The number of nitriles is 1.